The highest BCUT2D eigenvalue weighted by Gasteiger charge is 2.11. The first-order valence-corrected chi connectivity index (χ1v) is 6.92. The predicted molar refractivity (Wildman–Crippen MR) is 69.5 cm³/mol. The Labute approximate surface area is 102 Å². The summed E-state index contributed by atoms with van der Waals surface area (Å²) < 4.78 is 0. The van der Waals surface area contributed by atoms with Gasteiger partial charge < -0.3 is 5.32 Å². The second kappa shape index (κ2) is 7.44. The molecule has 0 aliphatic rings. The van der Waals surface area contributed by atoms with Gasteiger partial charge in [0.2, 0.25) is 5.91 Å². The number of rotatable bonds is 7. The first-order chi connectivity index (χ1) is 7.74. The van der Waals surface area contributed by atoms with Crippen molar-refractivity contribution in [1.82, 2.24) is 5.32 Å². The molecule has 90 valence electrons. The molecule has 0 unspecified atom stereocenters. The number of hydrogen-bond donors (Lipinski definition) is 1. The maximum atomic E-state index is 11.7. The molecule has 1 aromatic heterocycles. The van der Waals surface area contributed by atoms with Crippen LogP contribution in [0, 0.1) is 5.92 Å². The summed E-state index contributed by atoms with van der Waals surface area (Å²) in [6.45, 7) is 4.87. The number of carbonyl (C=O) groups excluding carboxylic acids is 1. The van der Waals surface area contributed by atoms with E-state index in [2.05, 4.69) is 12.2 Å². The van der Waals surface area contributed by atoms with Gasteiger partial charge in [0, 0.05) is 10.8 Å². The van der Waals surface area contributed by atoms with Crippen LogP contribution in [0.25, 0.3) is 0 Å². The highest BCUT2D eigenvalue weighted by Crippen LogP contribution is 2.11. The van der Waals surface area contributed by atoms with Crippen LogP contribution in [0.3, 0.4) is 0 Å². The largest absolute Gasteiger partial charge is 0.351 e. The van der Waals surface area contributed by atoms with Crippen LogP contribution < -0.4 is 5.32 Å². The summed E-state index contributed by atoms with van der Waals surface area (Å²) in [6.07, 6.45) is 4.60. The minimum absolute atomic E-state index is 0.145. The van der Waals surface area contributed by atoms with Crippen molar-refractivity contribution in [2.45, 2.75) is 46.1 Å². The molecule has 1 amide bonds. The topological polar surface area (TPSA) is 29.1 Å². The van der Waals surface area contributed by atoms with Gasteiger partial charge in [-0.1, -0.05) is 39.2 Å². The Hall–Kier alpha value is -0.830. The Kier molecular flexibility index (Phi) is 6.16. The van der Waals surface area contributed by atoms with Crippen LogP contribution in [-0.4, -0.2) is 5.91 Å². The Morgan fingerprint density at radius 2 is 2.31 bits per heavy atom. The molecule has 1 rings (SSSR count). The number of nitrogens with one attached hydrogen (secondary N) is 1. The van der Waals surface area contributed by atoms with Gasteiger partial charge in [0.15, 0.2) is 0 Å². The molecule has 16 heavy (non-hydrogen) atoms. The smallest absolute Gasteiger partial charge is 0.223 e. The summed E-state index contributed by atoms with van der Waals surface area (Å²) in [5, 5.41) is 5.02. The normalized spacial score (nSPS) is 12.4. The van der Waals surface area contributed by atoms with E-state index in [0.717, 1.165) is 12.8 Å². The lowest BCUT2D eigenvalue weighted by Crippen LogP contribution is -2.28. The zero-order valence-electron chi connectivity index (χ0n) is 10.2. The van der Waals surface area contributed by atoms with Crippen molar-refractivity contribution >= 4 is 17.2 Å². The molecule has 1 heterocycles. The monoisotopic (exact) mass is 239 g/mol. The summed E-state index contributed by atoms with van der Waals surface area (Å²) in [5.41, 5.74) is 0. The second-order valence-electron chi connectivity index (χ2n) is 4.19. The molecule has 1 aromatic rings. The van der Waals surface area contributed by atoms with Gasteiger partial charge in [-0.3, -0.25) is 4.79 Å². The van der Waals surface area contributed by atoms with Gasteiger partial charge >= 0.3 is 0 Å². The summed E-state index contributed by atoms with van der Waals surface area (Å²) in [7, 11) is 0. The van der Waals surface area contributed by atoms with Crippen LogP contribution in [0.2, 0.25) is 0 Å². The van der Waals surface area contributed by atoms with Gasteiger partial charge in [0.05, 0.1) is 6.54 Å². The summed E-state index contributed by atoms with van der Waals surface area (Å²) in [6, 6.07) is 4.06. The molecule has 1 N–H and O–H groups in total. The van der Waals surface area contributed by atoms with E-state index >= 15 is 0 Å². The number of unbranched alkanes of at least 4 members (excludes halogenated alkanes) is 2. The molecule has 3 heteroatoms. The van der Waals surface area contributed by atoms with Gasteiger partial charge in [-0.05, 0) is 17.9 Å². The standard InChI is InChI=1S/C13H21NOS/c1-3-4-5-7-11(2)13(15)14-10-12-8-6-9-16-12/h6,8-9,11H,3-5,7,10H2,1-2H3,(H,14,15)/t11-/m0/s1. The Bertz CT molecular complexity index is 295. The van der Waals surface area contributed by atoms with E-state index in [0.29, 0.717) is 6.54 Å². The number of carbonyl (C=O) groups is 1. The molecule has 0 aliphatic heterocycles. The number of thiophene rings is 1. The molecule has 0 spiro atoms. The Morgan fingerprint density at radius 3 is 2.94 bits per heavy atom. The molecular formula is C13H21NOS. The van der Waals surface area contributed by atoms with Crippen molar-refractivity contribution in [1.29, 1.82) is 0 Å². The average molecular weight is 239 g/mol. The lowest BCUT2D eigenvalue weighted by atomic mass is 10.0. The molecule has 0 saturated heterocycles. The van der Waals surface area contributed by atoms with Crippen molar-refractivity contribution < 1.29 is 4.79 Å². The summed E-state index contributed by atoms with van der Waals surface area (Å²) in [5.74, 6) is 0.330. The first-order valence-electron chi connectivity index (χ1n) is 6.04. The zero-order valence-corrected chi connectivity index (χ0v) is 11.0. The van der Waals surface area contributed by atoms with Crippen LogP contribution in [0.4, 0.5) is 0 Å². The third-order valence-electron chi connectivity index (χ3n) is 2.71. The van der Waals surface area contributed by atoms with Crippen molar-refractivity contribution in [3.63, 3.8) is 0 Å². The van der Waals surface area contributed by atoms with Crippen LogP contribution in [0.5, 0.6) is 0 Å². The van der Waals surface area contributed by atoms with E-state index in [1.165, 1.54) is 17.7 Å². The molecular weight excluding hydrogens is 218 g/mol. The minimum atomic E-state index is 0.145. The molecule has 2 nitrogen and oxygen atoms in total. The van der Waals surface area contributed by atoms with Gasteiger partial charge in [0.25, 0.3) is 0 Å². The lowest BCUT2D eigenvalue weighted by molar-refractivity contribution is -0.124. The maximum Gasteiger partial charge on any atom is 0.223 e. The highest BCUT2D eigenvalue weighted by molar-refractivity contribution is 7.09. The van der Waals surface area contributed by atoms with Gasteiger partial charge in [0.1, 0.15) is 0 Å². The summed E-state index contributed by atoms with van der Waals surface area (Å²) >= 11 is 1.68. The third kappa shape index (κ3) is 4.79. The molecule has 0 radical (unpaired) electrons. The van der Waals surface area contributed by atoms with Crippen LogP contribution in [0.1, 0.15) is 44.4 Å². The fourth-order valence-electron chi connectivity index (χ4n) is 1.59. The molecule has 0 aromatic carbocycles. The number of amides is 1. The third-order valence-corrected chi connectivity index (χ3v) is 3.58. The fourth-order valence-corrected chi connectivity index (χ4v) is 2.24. The quantitative estimate of drug-likeness (QED) is 0.724. The average Bonchev–Trinajstić information content (AvgIpc) is 2.79. The van der Waals surface area contributed by atoms with Crippen molar-refractivity contribution in [3.8, 4) is 0 Å². The maximum absolute atomic E-state index is 11.7. The molecule has 0 bridgehead atoms. The van der Waals surface area contributed by atoms with Crippen LogP contribution >= 0.6 is 11.3 Å². The molecule has 1 atom stereocenters. The van der Waals surface area contributed by atoms with Crippen molar-refractivity contribution in [2.24, 2.45) is 5.92 Å². The first kappa shape index (κ1) is 13.2. The zero-order chi connectivity index (χ0) is 11.8. The van der Waals surface area contributed by atoms with E-state index in [1.807, 2.05) is 24.4 Å². The van der Waals surface area contributed by atoms with Crippen LogP contribution in [-0.2, 0) is 11.3 Å². The van der Waals surface area contributed by atoms with E-state index in [1.54, 1.807) is 11.3 Å². The van der Waals surface area contributed by atoms with Gasteiger partial charge in [-0.15, -0.1) is 11.3 Å². The van der Waals surface area contributed by atoms with E-state index in [9.17, 15) is 4.79 Å². The lowest BCUT2D eigenvalue weighted by Gasteiger charge is -2.11. The van der Waals surface area contributed by atoms with Crippen LogP contribution in [0.15, 0.2) is 17.5 Å². The van der Waals surface area contributed by atoms with E-state index in [-0.39, 0.29) is 11.8 Å². The van der Waals surface area contributed by atoms with Crippen molar-refractivity contribution in [3.05, 3.63) is 22.4 Å². The van der Waals surface area contributed by atoms with E-state index in [4.69, 9.17) is 0 Å². The highest BCUT2D eigenvalue weighted by atomic mass is 32.1. The molecule has 0 saturated carbocycles. The minimum Gasteiger partial charge on any atom is -0.351 e. The summed E-state index contributed by atoms with van der Waals surface area (Å²) in [4.78, 5) is 12.9. The fraction of sp³-hybridized carbons (Fsp3) is 0.615. The van der Waals surface area contributed by atoms with Gasteiger partial charge in [-0.25, -0.2) is 0 Å². The Balaban J connectivity index is 2.18. The number of hydrogen-bond acceptors (Lipinski definition) is 2. The second-order valence-corrected chi connectivity index (χ2v) is 5.23. The molecule has 0 fully saturated rings. The van der Waals surface area contributed by atoms with Crippen molar-refractivity contribution in [2.75, 3.05) is 0 Å². The Morgan fingerprint density at radius 1 is 1.50 bits per heavy atom. The predicted octanol–water partition coefficient (Wildman–Crippen LogP) is 3.58. The SMILES string of the molecule is CCCCC[C@H](C)C(=O)NCc1cccs1. The van der Waals surface area contributed by atoms with Gasteiger partial charge in [-0.2, -0.15) is 0 Å². The molecule has 0 aliphatic carbocycles. The van der Waals surface area contributed by atoms with E-state index < -0.39 is 0 Å².